The minimum absolute atomic E-state index is 0. The molecule has 0 radical (unpaired) electrons. The van der Waals surface area contributed by atoms with Crippen molar-refractivity contribution in [2.75, 3.05) is 26.0 Å². The smallest absolute Gasteiger partial charge is 0.163 e. The number of ketones is 1. The number of aromatic nitrogens is 2. The van der Waals surface area contributed by atoms with E-state index in [4.69, 9.17) is 28.2 Å². The number of pyridine rings is 2. The number of nitrogens with one attached hydrogen (secondary N) is 1. The molecule has 0 atom stereocenters. The number of benzene rings is 1. The Morgan fingerprint density at radius 1 is 1.11 bits per heavy atom. The summed E-state index contributed by atoms with van der Waals surface area (Å²) in [6.07, 6.45) is 7.31. The molecule has 3 aromatic rings. The number of hydrogen-bond acceptors (Lipinski definition) is 6. The molecule has 6 nitrogen and oxygen atoms in total. The van der Waals surface area contributed by atoms with E-state index in [0.717, 1.165) is 31.0 Å². The number of fused-ring (bicyclic) bond motifs is 1. The summed E-state index contributed by atoms with van der Waals surface area (Å²) in [5.41, 5.74) is 3.91. The number of halogens is 4. The summed E-state index contributed by atoms with van der Waals surface area (Å²) < 4.78 is 0. The van der Waals surface area contributed by atoms with Crippen molar-refractivity contribution in [2.24, 2.45) is 5.92 Å². The van der Waals surface area contributed by atoms with Gasteiger partial charge in [0.15, 0.2) is 11.5 Å². The van der Waals surface area contributed by atoms with Gasteiger partial charge in [0.2, 0.25) is 0 Å². The van der Waals surface area contributed by atoms with Crippen LogP contribution in [0, 0.1) is 5.92 Å². The van der Waals surface area contributed by atoms with E-state index < -0.39 is 0 Å². The van der Waals surface area contributed by atoms with Gasteiger partial charge in [-0.15, -0.1) is 24.8 Å². The first kappa shape index (κ1) is 30.4. The largest absolute Gasteiger partial charge is 0.505 e. The van der Waals surface area contributed by atoms with Crippen LogP contribution in [0.1, 0.15) is 49.4 Å². The summed E-state index contributed by atoms with van der Waals surface area (Å²) in [6.45, 7) is 2.67. The molecule has 2 N–H and O–H groups in total. The molecule has 0 unspecified atom stereocenters. The number of nitrogens with zero attached hydrogens (tertiary/aromatic N) is 3. The Labute approximate surface area is 234 Å². The van der Waals surface area contributed by atoms with Crippen molar-refractivity contribution < 1.29 is 9.90 Å². The van der Waals surface area contributed by atoms with Gasteiger partial charge >= 0.3 is 0 Å². The Morgan fingerprint density at radius 3 is 2.33 bits per heavy atom. The van der Waals surface area contributed by atoms with E-state index >= 15 is 0 Å². The maximum atomic E-state index is 12.5. The second-order valence-corrected chi connectivity index (χ2v) is 10.2. The molecular formula is C26H32Cl4N4O2. The number of aromatic hydroxyl groups is 1. The molecule has 4 rings (SSSR count). The molecule has 0 aliphatic heterocycles. The zero-order chi connectivity index (χ0) is 24.4. The monoisotopic (exact) mass is 572 g/mol. The Morgan fingerprint density at radius 2 is 1.75 bits per heavy atom. The van der Waals surface area contributed by atoms with Crippen LogP contribution in [-0.2, 0) is 0 Å². The van der Waals surface area contributed by atoms with Crippen molar-refractivity contribution in [1.82, 2.24) is 14.9 Å². The Balaban J connectivity index is 0.00000228. The van der Waals surface area contributed by atoms with Crippen molar-refractivity contribution in [3.05, 3.63) is 46.1 Å². The Bertz CT molecular complexity index is 1190. The predicted octanol–water partition coefficient (Wildman–Crippen LogP) is 7.28. The number of Topliss-reactive ketones (excluding diaryl/α,β-unsaturated/α-hetero) is 1. The first-order valence-corrected chi connectivity index (χ1v) is 12.4. The van der Waals surface area contributed by atoms with Crippen LogP contribution in [0.3, 0.4) is 0 Å². The average Bonchev–Trinajstić information content (AvgIpc) is 2.81. The third-order valence-electron chi connectivity index (χ3n) is 6.58. The standard InChI is InChI=1S/C26H30Cl2N4O2.2ClH/c1-15(33)19-14-29-23-9-8-22(17-12-20(27)26(34)21(28)13-17)31-25(23)24(19)30-18-6-4-16(5-7-18)10-11-32(2)3;;/h8-9,12-14,16,18,34H,4-7,10-11H2,1-3H3,(H,29,30);2*1H/t16-,18-;;. The van der Waals surface area contributed by atoms with Crippen LogP contribution in [0.15, 0.2) is 30.5 Å². The molecule has 36 heavy (non-hydrogen) atoms. The molecule has 0 spiro atoms. The highest BCUT2D eigenvalue weighted by atomic mass is 35.5. The number of hydrogen-bond donors (Lipinski definition) is 2. The van der Waals surface area contributed by atoms with E-state index in [2.05, 4.69) is 29.3 Å². The van der Waals surface area contributed by atoms with Crippen LogP contribution in [0.5, 0.6) is 5.75 Å². The summed E-state index contributed by atoms with van der Waals surface area (Å²) >= 11 is 12.3. The van der Waals surface area contributed by atoms with Crippen molar-refractivity contribution in [2.45, 2.75) is 45.1 Å². The SMILES string of the molecule is CC(=O)c1cnc2ccc(-c3cc(Cl)c(O)c(Cl)c3)nc2c1N[C@H]1CC[C@H](CCN(C)C)CC1.Cl.Cl. The van der Waals surface area contributed by atoms with Crippen LogP contribution in [0.2, 0.25) is 10.0 Å². The van der Waals surface area contributed by atoms with Crippen LogP contribution in [-0.4, -0.2) is 52.4 Å². The number of carbonyl (C=O) groups excluding carboxylic acids is 1. The van der Waals surface area contributed by atoms with Crippen LogP contribution < -0.4 is 5.32 Å². The van der Waals surface area contributed by atoms with Gasteiger partial charge in [-0.2, -0.15) is 0 Å². The minimum Gasteiger partial charge on any atom is -0.505 e. The van der Waals surface area contributed by atoms with Crippen LogP contribution >= 0.6 is 48.0 Å². The molecule has 196 valence electrons. The molecule has 1 aliphatic carbocycles. The number of rotatable bonds is 7. The first-order chi connectivity index (χ1) is 16.2. The maximum absolute atomic E-state index is 12.5. The van der Waals surface area contributed by atoms with Gasteiger partial charge < -0.3 is 15.3 Å². The highest BCUT2D eigenvalue weighted by molar-refractivity contribution is 6.37. The predicted molar refractivity (Wildman–Crippen MR) is 154 cm³/mol. The lowest BCUT2D eigenvalue weighted by Gasteiger charge is -2.31. The van der Waals surface area contributed by atoms with Gasteiger partial charge in [-0.25, -0.2) is 4.98 Å². The normalized spacial score (nSPS) is 17.4. The third-order valence-corrected chi connectivity index (χ3v) is 7.16. The van der Waals surface area contributed by atoms with Gasteiger partial charge in [0.1, 0.15) is 5.52 Å². The highest BCUT2D eigenvalue weighted by Gasteiger charge is 2.24. The number of carbonyl (C=O) groups is 1. The zero-order valence-electron chi connectivity index (χ0n) is 20.6. The number of anilines is 1. The summed E-state index contributed by atoms with van der Waals surface area (Å²) in [5, 5.41) is 13.9. The summed E-state index contributed by atoms with van der Waals surface area (Å²) in [5.74, 6) is 0.534. The lowest BCUT2D eigenvalue weighted by Crippen LogP contribution is -2.28. The molecule has 0 bridgehead atoms. The summed E-state index contributed by atoms with van der Waals surface area (Å²) in [7, 11) is 4.23. The molecule has 1 fully saturated rings. The lowest BCUT2D eigenvalue weighted by atomic mass is 9.84. The fourth-order valence-electron chi connectivity index (χ4n) is 4.59. The summed E-state index contributed by atoms with van der Waals surface area (Å²) in [6, 6.07) is 7.24. The fraction of sp³-hybridized carbons (Fsp3) is 0.423. The van der Waals surface area contributed by atoms with Gasteiger partial charge in [0.25, 0.3) is 0 Å². The van der Waals surface area contributed by atoms with Crippen molar-refractivity contribution in [3.63, 3.8) is 0 Å². The van der Waals surface area contributed by atoms with E-state index in [9.17, 15) is 9.90 Å². The minimum atomic E-state index is -0.156. The third kappa shape index (κ3) is 6.93. The van der Waals surface area contributed by atoms with Crippen molar-refractivity contribution >= 4 is 70.5 Å². The second kappa shape index (κ2) is 13.1. The first-order valence-electron chi connectivity index (χ1n) is 11.6. The quantitative estimate of drug-likeness (QED) is 0.289. The fourth-order valence-corrected chi connectivity index (χ4v) is 5.08. The van der Waals surface area contributed by atoms with Gasteiger partial charge in [0.05, 0.1) is 32.5 Å². The van der Waals surface area contributed by atoms with Crippen LogP contribution in [0.4, 0.5) is 5.69 Å². The van der Waals surface area contributed by atoms with Crippen molar-refractivity contribution in [1.29, 1.82) is 0 Å². The number of phenols is 1. The van der Waals surface area contributed by atoms with E-state index in [1.165, 1.54) is 19.3 Å². The van der Waals surface area contributed by atoms with Crippen molar-refractivity contribution in [3.8, 4) is 17.0 Å². The van der Waals surface area contributed by atoms with Gasteiger partial charge in [-0.3, -0.25) is 9.78 Å². The second-order valence-electron chi connectivity index (χ2n) is 9.41. The maximum Gasteiger partial charge on any atom is 0.163 e. The molecule has 0 saturated heterocycles. The molecule has 1 saturated carbocycles. The molecular weight excluding hydrogens is 542 g/mol. The average molecular weight is 574 g/mol. The van der Waals surface area contributed by atoms with Gasteiger partial charge in [0, 0.05) is 17.8 Å². The molecule has 0 amide bonds. The molecule has 2 aromatic heterocycles. The molecule has 1 aliphatic rings. The van der Waals surface area contributed by atoms with E-state index in [1.54, 1.807) is 25.3 Å². The lowest BCUT2D eigenvalue weighted by molar-refractivity contribution is 0.101. The highest BCUT2D eigenvalue weighted by Crippen LogP contribution is 2.37. The van der Waals surface area contributed by atoms with Gasteiger partial charge in [-0.1, -0.05) is 23.2 Å². The Hall–Kier alpha value is -1.83. The molecule has 10 heteroatoms. The van der Waals surface area contributed by atoms with E-state index in [0.29, 0.717) is 27.9 Å². The number of phenolic OH excluding ortho intramolecular Hbond substituents is 1. The van der Waals surface area contributed by atoms with Crippen LogP contribution in [0.25, 0.3) is 22.3 Å². The Kier molecular flexibility index (Phi) is 11.1. The van der Waals surface area contributed by atoms with E-state index in [1.807, 2.05) is 12.1 Å². The molecule has 1 aromatic carbocycles. The summed E-state index contributed by atoms with van der Waals surface area (Å²) in [4.78, 5) is 24.0. The topological polar surface area (TPSA) is 78.3 Å². The van der Waals surface area contributed by atoms with E-state index in [-0.39, 0.29) is 52.4 Å². The van der Waals surface area contributed by atoms with Gasteiger partial charge in [-0.05, 0) is 89.9 Å². The zero-order valence-corrected chi connectivity index (χ0v) is 23.7. The molecule has 2 heterocycles.